The number of carbonyl (C=O) groups excluding carboxylic acids is 1. The second kappa shape index (κ2) is 6.70. The Balaban J connectivity index is 1.79. The van der Waals surface area contributed by atoms with Gasteiger partial charge in [0.15, 0.2) is 0 Å². The maximum absolute atomic E-state index is 11.4. The van der Waals surface area contributed by atoms with Gasteiger partial charge >= 0.3 is 5.97 Å². The monoisotopic (exact) mass is 325 g/mol. The fraction of sp³-hybridized carbons (Fsp3) is 0.278. The first-order valence-electron chi connectivity index (χ1n) is 7.88. The van der Waals surface area contributed by atoms with Crippen molar-refractivity contribution in [2.24, 2.45) is 11.7 Å². The molecule has 1 amide bonds. The minimum absolute atomic E-state index is 0.132. The Bertz CT molecular complexity index is 758. The number of piperidine rings is 1. The van der Waals surface area contributed by atoms with Crippen molar-refractivity contribution < 1.29 is 14.7 Å². The van der Waals surface area contributed by atoms with Crippen LogP contribution in [0.1, 0.15) is 23.2 Å². The Hall–Kier alpha value is -2.89. The molecule has 1 unspecified atom stereocenters. The average Bonchev–Trinajstić information content (AvgIpc) is 2.62. The van der Waals surface area contributed by atoms with E-state index >= 15 is 0 Å². The first-order chi connectivity index (χ1) is 11.5. The van der Waals surface area contributed by atoms with Gasteiger partial charge in [0.2, 0.25) is 5.91 Å². The number of benzene rings is 1. The third-order valence-electron chi connectivity index (χ3n) is 4.34. The maximum Gasteiger partial charge on any atom is 0.335 e. The Labute approximate surface area is 139 Å². The lowest BCUT2D eigenvalue weighted by atomic mass is 9.97. The van der Waals surface area contributed by atoms with Gasteiger partial charge in [0, 0.05) is 24.8 Å². The number of carbonyl (C=O) groups is 2. The number of carboxylic acids is 1. The molecule has 1 aromatic heterocycles. The Morgan fingerprint density at radius 1 is 1.21 bits per heavy atom. The van der Waals surface area contributed by atoms with Gasteiger partial charge in [0.05, 0.1) is 11.5 Å². The van der Waals surface area contributed by atoms with Gasteiger partial charge in [-0.15, -0.1) is 0 Å². The van der Waals surface area contributed by atoms with E-state index < -0.39 is 5.97 Å². The predicted octanol–water partition coefficient (Wildman–Crippen LogP) is 2.15. The minimum atomic E-state index is -0.952. The predicted molar refractivity (Wildman–Crippen MR) is 90.8 cm³/mol. The highest BCUT2D eigenvalue weighted by atomic mass is 16.4. The van der Waals surface area contributed by atoms with Gasteiger partial charge in [-0.25, -0.2) is 9.78 Å². The molecule has 0 spiro atoms. The molecule has 0 saturated carbocycles. The van der Waals surface area contributed by atoms with Crippen molar-refractivity contribution in [3.05, 3.63) is 48.2 Å². The second-order valence-corrected chi connectivity index (χ2v) is 5.98. The van der Waals surface area contributed by atoms with Gasteiger partial charge in [-0.05, 0) is 42.7 Å². The van der Waals surface area contributed by atoms with E-state index in [1.54, 1.807) is 24.4 Å². The summed E-state index contributed by atoms with van der Waals surface area (Å²) < 4.78 is 0. The molecule has 2 aromatic rings. The molecule has 6 heteroatoms. The van der Waals surface area contributed by atoms with Crippen LogP contribution in [-0.2, 0) is 4.79 Å². The van der Waals surface area contributed by atoms with E-state index in [-0.39, 0.29) is 17.4 Å². The molecule has 1 saturated heterocycles. The standard InChI is InChI=1S/C18H19N3O3/c19-17(22)15-5-2-8-21(11-15)16-7-6-14(10-20-16)12-3-1-4-13(9-12)18(23)24/h1,3-4,6-7,9-10,15H,2,5,8,11H2,(H2,19,22)(H,23,24). The van der Waals surface area contributed by atoms with Crippen LogP contribution in [0, 0.1) is 5.92 Å². The van der Waals surface area contributed by atoms with Crippen LogP contribution >= 0.6 is 0 Å². The number of pyridine rings is 1. The molecule has 0 bridgehead atoms. The molecule has 1 aliphatic heterocycles. The van der Waals surface area contributed by atoms with E-state index in [9.17, 15) is 9.59 Å². The van der Waals surface area contributed by atoms with Crippen molar-refractivity contribution in [3.8, 4) is 11.1 Å². The number of anilines is 1. The number of aromatic carboxylic acids is 1. The molecule has 1 fully saturated rings. The van der Waals surface area contributed by atoms with Gasteiger partial charge < -0.3 is 15.7 Å². The zero-order valence-corrected chi connectivity index (χ0v) is 13.2. The molecule has 124 valence electrons. The molecule has 6 nitrogen and oxygen atoms in total. The summed E-state index contributed by atoms with van der Waals surface area (Å²) >= 11 is 0. The molecule has 1 aliphatic rings. The van der Waals surface area contributed by atoms with Crippen molar-refractivity contribution in [3.63, 3.8) is 0 Å². The van der Waals surface area contributed by atoms with E-state index in [1.165, 1.54) is 0 Å². The summed E-state index contributed by atoms with van der Waals surface area (Å²) in [6, 6.07) is 10.6. The van der Waals surface area contributed by atoms with Gasteiger partial charge in [0.1, 0.15) is 5.82 Å². The third kappa shape index (κ3) is 3.37. The lowest BCUT2D eigenvalue weighted by Crippen LogP contribution is -2.41. The highest BCUT2D eigenvalue weighted by molar-refractivity contribution is 5.89. The van der Waals surface area contributed by atoms with Crippen LogP contribution in [0.25, 0.3) is 11.1 Å². The third-order valence-corrected chi connectivity index (χ3v) is 4.34. The summed E-state index contributed by atoms with van der Waals surface area (Å²) in [6.45, 7) is 1.45. The summed E-state index contributed by atoms with van der Waals surface area (Å²) in [5, 5.41) is 9.08. The van der Waals surface area contributed by atoms with Crippen molar-refractivity contribution >= 4 is 17.7 Å². The highest BCUT2D eigenvalue weighted by Gasteiger charge is 2.24. The van der Waals surface area contributed by atoms with Crippen LogP contribution in [0.2, 0.25) is 0 Å². The first kappa shape index (κ1) is 16.0. The number of hydrogen-bond acceptors (Lipinski definition) is 4. The zero-order valence-electron chi connectivity index (χ0n) is 13.2. The number of primary amides is 1. The molecule has 1 aromatic carbocycles. The average molecular weight is 325 g/mol. The van der Waals surface area contributed by atoms with E-state index in [4.69, 9.17) is 10.8 Å². The SMILES string of the molecule is NC(=O)C1CCCN(c2ccc(-c3cccc(C(=O)O)c3)cn2)C1. The molecular formula is C18H19N3O3. The summed E-state index contributed by atoms with van der Waals surface area (Å²) in [6.07, 6.45) is 3.47. The van der Waals surface area contributed by atoms with Crippen LogP contribution in [-0.4, -0.2) is 35.1 Å². The quantitative estimate of drug-likeness (QED) is 0.898. The summed E-state index contributed by atoms with van der Waals surface area (Å²) in [4.78, 5) is 29.0. The van der Waals surface area contributed by atoms with Crippen LogP contribution < -0.4 is 10.6 Å². The van der Waals surface area contributed by atoms with Crippen molar-refractivity contribution in [2.75, 3.05) is 18.0 Å². The highest BCUT2D eigenvalue weighted by Crippen LogP contribution is 2.25. The number of aromatic nitrogens is 1. The Morgan fingerprint density at radius 2 is 2.04 bits per heavy atom. The van der Waals surface area contributed by atoms with E-state index in [0.717, 1.165) is 36.3 Å². The van der Waals surface area contributed by atoms with Crippen molar-refractivity contribution in [2.45, 2.75) is 12.8 Å². The Kier molecular flexibility index (Phi) is 4.46. The fourth-order valence-corrected chi connectivity index (χ4v) is 2.99. The second-order valence-electron chi connectivity index (χ2n) is 5.98. The number of rotatable bonds is 4. The minimum Gasteiger partial charge on any atom is -0.478 e. The molecule has 2 heterocycles. The molecule has 3 rings (SSSR count). The molecule has 3 N–H and O–H groups in total. The molecule has 1 atom stereocenters. The largest absolute Gasteiger partial charge is 0.478 e. The van der Waals surface area contributed by atoms with E-state index in [0.29, 0.717) is 6.54 Å². The fourth-order valence-electron chi connectivity index (χ4n) is 2.99. The molecule has 0 aliphatic carbocycles. The molecule has 24 heavy (non-hydrogen) atoms. The van der Waals surface area contributed by atoms with Crippen LogP contribution in [0.3, 0.4) is 0 Å². The van der Waals surface area contributed by atoms with Crippen molar-refractivity contribution in [1.82, 2.24) is 4.98 Å². The maximum atomic E-state index is 11.4. The number of nitrogens with zero attached hydrogens (tertiary/aromatic N) is 2. The molecule has 0 radical (unpaired) electrons. The normalized spacial score (nSPS) is 17.5. The topological polar surface area (TPSA) is 96.5 Å². The summed E-state index contributed by atoms with van der Waals surface area (Å²) in [5.41, 5.74) is 7.32. The number of carboxylic acid groups (broad SMARTS) is 1. The number of amides is 1. The van der Waals surface area contributed by atoms with E-state index in [1.807, 2.05) is 18.2 Å². The summed E-state index contributed by atoms with van der Waals surface area (Å²) in [7, 11) is 0. The lowest BCUT2D eigenvalue weighted by Gasteiger charge is -2.32. The number of nitrogens with two attached hydrogens (primary N) is 1. The van der Waals surface area contributed by atoms with Crippen molar-refractivity contribution in [1.29, 1.82) is 0 Å². The van der Waals surface area contributed by atoms with Gasteiger partial charge in [-0.3, -0.25) is 4.79 Å². The van der Waals surface area contributed by atoms with Crippen LogP contribution in [0.4, 0.5) is 5.82 Å². The van der Waals surface area contributed by atoms with E-state index in [2.05, 4.69) is 9.88 Å². The molecular weight excluding hydrogens is 306 g/mol. The first-order valence-corrected chi connectivity index (χ1v) is 7.88. The zero-order chi connectivity index (χ0) is 17.1. The van der Waals surface area contributed by atoms with Crippen LogP contribution in [0.15, 0.2) is 42.6 Å². The smallest absolute Gasteiger partial charge is 0.335 e. The summed E-state index contributed by atoms with van der Waals surface area (Å²) in [5.74, 6) is -0.541. The van der Waals surface area contributed by atoms with Gasteiger partial charge in [-0.1, -0.05) is 12.1 Å². The lowest BCUT2D eigenvalue weighted by molar-refractivity contribution is -0.122. The van der Waals surface area contributed by atoms with Crippen LogP contribution in [0.5, 0.6) is 0 Å². The number of hydrogen-bond donors (Lipinski definition) is 2. The Morgan fingerprint density at radius 3 is 2.71 bits per heavy atom. The van der Waals surface area contributed by atoms with Gasteiger partial charge in [-0.2, -0.15) is 0 Å². The van der Waals surface area contributed by atoms with Gasteiger partial charge in [0.25, 0.3) is 0 Å².